The number of ether oxygens (including phenoxy) is 1. The zero-order valence-corrected chi connectivity index (χ0v) is 26.0. The van der Waals surface area contributed by atoms with Crippen LogP contribution >= 0.6 is 46.5 Å². The van der Waals surface area contributed by atoms with Crippen molar-refractivity contribution in [2.24, 2.45) is 0 Å². The average molecular weight is 676 g/mol. The number of nitrogens with one attached hydrogen (secondary N) is 2. The van der Waals surface area contributed by atoms with Gasteiger partial charge in [0.05, 0.1) is 30.1 Å². The fourth-order valence-electron chi connectivity index (χ4n) is 4.54. The van der Waals surface area contributed by atoms with E-state index in [0.29, 0.717) is 26.7 Å². The number of aromatic nitrogens is 2. The highest BCUT2D eigenvalue weighted by molar-refractivity contribution is 7.93. The number of amides is 1. The van der Waals surface area contributed by atoms with Gasteiger partial charge in [0.1, 0.15) is 22.0 Å². The Labute approximate surface area is 266 Å². The van der Waals surface area contributed by atoms with Gasteiger partial charge in [-0.2, -0.15) is 8.75 Å². The van der Waals surface area contributed by atoms with E-state index in [1.54, 1.807) is 60.7 Å². The smallest absolute Gasteiger partial charge is 0.329 e. The first-order valence-corrected chi connectivity index (χ1v) is 15.9. The molecule has 0 radical (unpaired) electrons. The van der Waals surface area contributed by atoms with Crippen LogP contribution in [0.5, 0.6) is 0 Å². The van der Waals surface area contributed by atoms with Crippen molar-refractivity contribution in [3.8, 4) is 0 Å². The third kappa shape index (κ3) is 6.76. The predicted molar refractivity (Wildman–Crippen MR) is 168 cm³/mol. The van der Waals surface area contributed by atoms with Crippen molar-refractivity contribution >= 4 is 85.2 Å². The molecule has 1 amide bonds. The highest BCUT2D eigenvalue weighted by Gasteiger charge is 2.34. The fraction of sp³-hybridized carbons (Fsp3) is 0.103. The number of carbonyl (C=O) groups excluding carboxylic acids is 2. The quantitative estimate of drug-likeness (QED) is 0.170. The van der Waals surface area contributed by atoms with Gasteiger partial charge in [-0.25, -0.2) is 13.2 Å². The highest BCUT2D eigenvalue weighted by atomic mass is 35.5. The van der Waals surface area contributed by atoms with Crippen molar-refractivity contribution < 1.29 is 22.7 Å². The first-order chi connectivity index (χ1) is 20.6. The van der Waals surface area contributed by atoms with Crippen molar-refractivity contribution in [3.05, 3.63) is 117 Å². The zero-order valence-electron chi connectivity index (χ0n) is 22.1. The highest BCUT2D eigenvalue weighted by Crippen LogP contribution is 2.32. The molecule has 1 heterocycles. The van der Waals surface area contributed by atoms with E-state index < -0.39 is 33.9 Å². The maximum atomic E-state index is 13.8. The second-order valence-corrected chi connectivity index (χ2v) is 12.7. The molecule has 43 heavy (non-hydrogen) atoms. The Morgan fingerprint density at radius 1 is 0.837 bits per heavy atom. The molecule has 1 aromatic heterocycles. The molecule has 0 spiro atoms. The largest absolute Gasteiger partial charge is 0.467 e. The predicted octanol–water partition coefficient (Wildman–Crippen LogP) is 6.56. The molecule has 0 unspecified atom stereocenters. The summed E-state index contributed by atoms with van der Waals surface area (Å²) < 4.78 is 42.7. The lowest BCUT2D eigenvalue weighted by molar-refractivity contribution is -0.143. The molecule has 0 aliphatic rings. The SMILES string of the molecule is COC(=O)[C@@H](NC(=O)c1ccc(Cl)cc1NS(=O)(=O)c1cccc2nsnc12)C(c1ccc(Cl)cc1)c1ccc(Cl)cc1. The lowest BCUT2D eigenvalue weighted by Gasteiger charge is -2.27. The summed E-state index contributed by atoms with van der Waals surface area (Å²) in [4.78, 5) is 26.9. The monoisotopic (exact) mass is 674 g/mol. The van der Waals surface area contributed by atoms with Gasteiger partial charge < -0.3 is 10.1 Å². The van der Waals surface area contributed by atoms with E-state index >= 15 is 0 Å². The Bertz CT molecular complexity index is 1870. The standard InChI is InChI=1S/C29H21Cl3N4O5S2/c1-41-29(38)27(25(16-5-9-18(30)10-6-16)17-7-11-19(31)12-8-17)33-28(37)21-14-13-20(32)15-23(21)36-43(39,40)24-4-2-3-22-26(24)35-42-34-22/h2-15,25,27,36H,1H3,(H,33,37)/t27-/m0/s1. The third-order valence-electron chi connectivity index (χ3n) is 6.54. The Hall–Kier alpha value is -3.74. The molecule has 5 rings (SSSR count). The third-order valence-corrected chi connectivity index (χ3v) is 9.22. The molecule has 2 N–H and O–H groups in total. The molecule has 1 atom stereocenters. The lowest BCUT2D eigenvalue weighted by Crippen LogP contribution is -2.46. The molecule has 4 aromatic carbocycles. The lowest BCUT2D eigenvalue weighted by atomic mass is 9.84. The topological polar surface area (TPSA) is 127 Å². The van der Waals surface area contributed by atoms with Crippen LogP contribution in [0, 0.1) is 0 Å². The second-order valence-electron chi connectivity index (χ2n) is 9.24. The van der Waals surface area contributed by atoms with Crippen molar-refractivity contribution in [3.63, 3.8) is 0 Å². The van der Waals surface area contributed by atoms with E-state index in [0.717, 1.165) is 11.7 Å². The van der Waals surface area contributed by atoms with E-state index in [2.05, 4.69) is 18.8 Å². The molecule has 0 aliphatic carbocycles. The van der Waals surface area contributed by atoms with Crippen LogP contribution in [0.15, 0.2) is 89.8 Å². The summed E-state index contributed by atoms with van der Waals surface area (Å²) in [5.41, 5.74) is 1.72. The Balaban J connectivity index is 1.53. The molecule has 14 heteroatoms. The van der Waals surface area contributed by atoms with Crippen LogP contribution in [0.2, 0.25) is 15.1 Å². The Kier molecular flexibility index (Phi) is 9.19. The van der Waals surface area contributed by atoms with Crippen LogP contribution in [0.1, 0.15) is 27.4 Å². The summed E-state index contributed by atoms with van der Waals surface area (Å²) in [6.45, 7) is 0. The number of hydrogen-bond acceptors (Lipinski definition) is 8. The van der Waals surface area contributed by atoms with Gasteiger partial charge in [-0.15, -0.1) is 0 Å². The van der Waals surface area contributed by atoms with E-state index in [1.807, 2.05) is 0 Å². The number of hydrogen-bond donors (Lipinski definition) is 2. The van der Waals surface area contributed by atoms with Crippen molar-refractivity contribution in [2.75, 3.05) is 11.8 Å². The summed E-state index contributed by atoms with van der Waals surface area (Å²) in [5.74, 6) is -2.22. The fourth-order valence-corrected chi connectivity index (χ4v) is 6.80. The number of benzene rings is 4. The summed E-state index contributed by atoms with van der Waals surface area (Å²) in [7, 11) is -3.04. The molecule has 0 bridgehead atoms. The van der Waals surface area contributed by atoms with Gasteiger partial charge in [0.2, 0.25) is 0 Å². The van der Waals surface area contributed by atoms with Crippen LogP contribution in [0.4, 0.5) is 5.69 Å². The molecular formula is C29H21Cl3N4O5S2. The minimum absolute atomic E-state index is 0.0866. The summed E-state index contributed by atoms with van der Waals surface area (Å²) in [6, 6.07) is 21.0. The zero-order chi connectivity index (χ0) is 30.7. The van der Waals surface area contributed by atoms with Crippen LogP contribution in [-0.2, 0) is 19.6 Å². The maximum Gasteiger partial charge on any atom is 0.329 e. The van der Waals surface area contributed by atoms with Crippen LogP contribution in [0.25, 0.3) is 11.0 Å². The molecule has 0 aliphatic heterocycles. The molecule has 0 fully saturated rings. The van der Waals surface area contributed by atoms with E-state index in [9.17, 15) is 18.0 Å². The maximum absolute atomic E-state index is 13.8. The van der Waals surface area contributed by atoms with Gasteiger partial charge in [-0.1, -0.05) is 65.1 Å². The van der Waals surface area contributed by atoms with Crippen LogP contribution < -0.4 is 10.0 Å². The van der Waals surface area contributed by atoms with Crippen LogP contribution in [0.3, 0.4) is 0 Å². The first-order valence-electron chi connectivity index (χ1n) is 12.5. The Morgan fingerprint density at radius 3 is 2.05 bits per heavy atom. The minimum Gasteiger partial charge on any atom is -0.467 e. The van der Waals surface area contributed by atoms with Gasteiger partial charge in [0.25, 0.3) is 15.9 Å². The van der Waals surface area contributed by atoms with Gasteiger partial charge in [0.15, 0.2) is 0 Å². The van der Waals surface area contributed by atoms with Crippen molar-refractivity contribution in [1.82, 2.24) is 14.1 Å². The average Bonchev–Trinajstić information content (AvgIpc) is 3.47. The number of anilines is 1. The summed E-state index contributed by atoms with van der Waals surface area (Å²) in [5, 5.41) is 3.89. The minimum atomic E-state index is -4.24. The summed E-state index contributed by atoms with van der Waals surface area (Å²) in [6.07, 6.45) is 0. The number of esters is 1. The van der Waals surface area contributed by atoms with E-state index in [1.165, 1.54) is 31.4 Å². The number of sulfonamides is 1. The number of halogens is 3. The molecule has 5 aromatic rings. The number of carbonyl (C=O) groups is 2. The van der Waals surface area contributed by atoms with Gasteiger partial charge in [-0.05, 0) is 65.7 Å². The molecule has 9 nitrogen and oxygen atoms in total. The molecular weight excluding hydrogens is 655 g/mol. The molecule has 0 saturated heterocycles. The second kappa shape index (κ2) is 12.9. The first kappa shape index (κ1) is 30.7. The van der Waals surface area contributed by atoms with Gasteiger partial charge in [-0.3, -0.25) is 9.52 Å². The van der Waals surface area contributed by atoms with Crippen LogP contribution in [-0.4, -0.2) is 42.2 Å². The van der Waals surface area contributed by atoms with Gasteiger partial charge in [0, 0.05) is 21.0 Å². The Morgan fingerprint density at radius 2 is 1.44 bits per heavy atom. The molecule has 220 valence electrons. The normalized spacial score (nSPS) is 12.2. The number of rotatable bonds is 9. The van der Waals surface area contributed by atoms with Crippen molar-refractivity contribution in [1.29, 1.82) is 0 Å². The number of nitrogens with zero attached hydrogens (tertiary/aromatic N) is 2. The number of fused-ring (bicyclic) bond motifs is 1. The van der Waals surface area contributed by atoms with Crippen molar-refractivity contribution in [2.45, 2.75) is 16.9 Å². The summed E-state index contributed by atoms with van der Waals surface area (Å²) >= 11 is 19.3. The van der Waals surface area contributed by atoms with Gasteiger partial charge >= 0.3 is 5.97 Å². The van der Waals surface area contributed by atoms with E-state index in [-0.39, 0.29) is 26.7 Å². The molecule has 0 saturated carbocycles. The number of methoxy groups -OCH3 is 1. The van der Waals surface area contributed by atoms with E-state index in [4.69, 9.17) is 39.5 Å².